The van der Waals surface area contributed by atoms with E-state index in [0.717, 1.165) is 24.5 Å². The van der Waals surface area contributed by atoms with Crippen molar-refractivity contribution in [1.29, 1.82) is 0 Å². The molecule has 16 heavy (non-hydrogen) atoms. The van der Waals surface area contributed by atoms with Gasteiger partial charge in [0.25, 0.3) is 0 Å². The summed E-state index contributed by atoms with van der Waals surface area (Å²) < 4.78 is 0. The Morgan fingerprint density at radius 3 is 3.25 bits per heavy atom. The number of carbonyl (C=O) groups is 1. The second-order valence-electron chi connectivity index (χ2n) is 4.22. The van der Waals surface area contributed by atoms with Crippen molar-refractivity contribution in [2.75, 3.05) is 13.1 Å². The highest BCUT2D eigenvalue weighted by Gasteiger charge is 2.15. The van der Waals surface area contributed by atoms with E-state index in [9.17, 15) is 4.79 Å². The van der Waals surface area contributed by atoms with Crippen molar-refractivity contribution in [1.82, 2.24) is 10.3 Å². The molecule has 0 aliphatic carbocycles. The summed E-state index contributed by atoms with van der Waals surface area (Å²) in [4.78, 5) is 14.9. The van der Waals surface area contributed by atoms with E-state index in [4.69, 9.17) is 5.11 Å². The highest BCUT2D eigenvalue weighted by atomic mass is 32.1. The molecule has 1 unspecified atom stereocenters. The molecule has 1 aliphatic rings. The van der Waals surface area contributed by atoms with Crippen LogP contribution in [0.25, 0.3) is 0 Å². The third kappa shape index (κ3) is 3.28. The summed E-state index contributed by atoms with van der Waals surface area (Å²) in [5, 5.41) is 15.0. The van der Waals surface area contributed by atoms with Gasteiger partial charge in [0.05, 0.1) is 17.1 Å². The molecule has 0 bridgehead atoms. The first-order chi connectivity index (χ1) is 7.74. The molecule has 0 amide bonds. The van der Waals surface area contributed by atoms with Gasteiger partial charge in [-0.1, -0.05) is 0 Å². The Hall–Kier alpha value is -0.940. The average Bonchev–Trinajstić information content (AvgIpc) is 2.66. The van der Waals surface area contributed by atoms with Crippen molar-refractivity contribution >= 4 is 17.3 Å². The fraction of sp³-hybridized carbons (Fsp3) is 0.636. The van der Waals surface area contributed by atoms with Crippen LogP contribution in [0.15, 0.2) is 5.38 Å². The van der Waals surface area contributed by atoms with Crippen molar-refractivity contribution in [3.63, 3.8) is 0 Å². The van der Waals surface area contributed by atoms with Gasteiger partial charge in [-0.2, -0.15) is 0 Å². The Bertz CT molecular complexity index is 359. The normalized spacial score (nSPS) is 20.9. The van der Waals surface area contributed by atoms with Crippen LogP contribution in [0, 0.1) is 5.92 Å². The minimum atomic E-state index is -0.809. The largest absolute Gasteiger partial charge is 0.481 e. The maximum atomic E-state index is 10.5. The molecule has 1 atom stereocenters. The summed E-state index contributed by atoms with van der Waals surface area (Å²) in [6, 6.07) is 0. The van der Waals surface area contributed by atoms with Crippen LogP contribution in [0.1, 0.15) is 23.5 Å². The molecule has 2 heterocycles. The number of aliphatic carboxylic acids is 1. The monoisotopic (exact) mass is 240 g/mol. The summed E-state index contributed by atoms with van der Waals surface area (Å²) in [5.74, 6) is -0.145. The fourth-order valence-corrected chi connectivity index (χ4v) is 2.93. The van der Waals surface area contributed by atoms with Crippen molar-refractivity contribution in [3.05, 3.63) is 16.1 Å². The van der Waals surface area contributed by atoms with Gasteiger partial charge in [0, 0.05) is 11.8 Å². The number of hydrogen-bond donors (Lipinski definition) is 2. The van der Waals surface area contributed by atoms with E-state index in [1.165, 1.54) is 12.8 Å². The molecule has 2 N–H and O–H groups in total. The average molecular weight is 240 g/mol. The van der Waals surface area contributed by atoms with Crippen LogP contribution in [0.5, 0.6) is 0 Å². The van der Waals surface area contributed by atoms with E-state index >= 15 is 0 Å². The number of nitrogens with zero attached hydrogens (tertiary/aromatic N) is 1. The fourth-order valence-electron chi connectivity index (χ4n) is 2.02. The van der Waals surface area contributed by atoms with Gasteiger partial charge < -0.3 is 10.4 Å². The third-order valence-corrected chi connectivity index (χ3v) is 3.71. The number of nitrogens with one attached hydrogen (secondary N) is 1. The molecule has 1 aromatic rings. The summed E-state index contributed by atoms with van der Waals surface area (Å²) >= 11 is 1.58. The molecule has 0 spiro atoms. The first-order valence-corrected chi connectivity index (χ1v) is 6.48. The zero-order valence-corrected chi connectivity index (χ0v) is 9.92. The molecule has 5 heteroatoms. The Labute approximate surface area is 98.7 Å². The van der Waals surface area contributed by atoms with Crippen LogP contribution in [0.4, 0.5) is 0 Å². The number of carboxylic acids is 1. The minimum absolute atomic E-state index is 0.0411. The van der Waals surface area contributed by atoms with Crippen LogP contribution < -0.4 is 5.32 Å². The third-order valence-electron chi connectivity index (χ3n) is 2.79. The van der Waals surface area contributed by atoms with Crippen LogP contribution in [-0.2, 0) is 17.6 Å². The molecule has 1 saturated heterocycles. The Balaban J connectivity index is 1.88. The number of thiazole rings is 1. The van der Waals surface area contributed by atoms with Crippen molar-refractivity contribution in [2.24, 2.45) is 5.92 Å². The lowest BCUT2D eigenvalue weighted by atomic mass is 9.97. The van der Waals surface area contributed by atoms with E-state index < -0.39 is 5.97 Å². The maximum absolute atomic E-state index is 10.5. The minimum Gasteiger partial charge on any atom is -0.481 e. The first-order valence-electron chi connectivity index (χ1n) is 5.60. The lowest BCUT2D eigenvalue weighted by molar-refractivity contribution is -0.136. The maximum Gasteiger partial charge on any atom is 0.309 e. The van der Waals surface area contributed by atoms with Crippen LogP contribution in [0.2, 0.25) is 0 Å². The predicted octanol–water partition coefficient (Wildman–Crippen LogP) is 1.31. The highest BCUT2D eigenvalue weighted by Crippen LogP contribution is 2.19. The number of rotatable bonds is 4. The van der Waals surface area contributed by atoms with Gasteiger partial charge in [0.15, 0.2) is 0 Å². The molecule has 1 aliphatic heterocycles. The molecule has 1 aromatic heterocycles. The summed E-state index contributed by atoms with van der Waals surface area (Å²) in [6.07, 6.45) is 3.51. The van der Waals surface area contributed by atoms with Gasteiger partial charge in [-0.15, -0.1) is 11.3 Å². The Kier molecular flexibility index (Phi) is 3.90. The van der Waals surface area contributed by atoms with E-state index in [1.807, 2.05) is 5.38 Å². The number of aromatic nitrogens is 1. The van der Waals surface area contributed by atoms with E-state index in [1.54, 1.807) is 11.3 Å². The molecule has 88 valence electrons. The smallest absolute Gasteiger partial charge is 0.309 e. The zero-order chi connectivity index (χ0) is 11.4. The molecular formula is C11H16N2O2S. The Morgan fingerprint density at radius 1 is 1.69 bits per heavy atom. The van der Waals surface area contributed by atoms with Crippen LogP contribution in [0.3, 0.4) is 0 Å². The molecular weight excluding hydrogens is 224 g/mol. The van der Waals surface area contributed by atoms with Gasteiger partial charge in [-0.25, -0.2) is 4.98 Å². The van der Waals surface area contributed by atoms with Crippen molar-refractivity contribution in [2.45, 2.75) is 25.7 Å². The topological polar surface area (TPSA) is 62.2 Å². The number of hydrogen-bond acceptors (Lipinski definition) is 4. The zero-order valence-electron chi connectivity index (χ0n) is 9.11. The van der Waals surface area contributed by atoms with E-state index in [0.29, 0.717) is 11.6 Å². The quantitative estimate of drug-likeness (QED) is 0.833. The van der Waals surface area contributed by atoms with Crippen LogP contribution in [-0.4, -0.2) is 29.1 Å². The number of carboxylic acid groups (broad SMARTS) is 1. The summed E-state index contributed by atoms with van der Waals surface area (Å²) in [5.41, 5.74) is 0.691. The van der Waals surface area contributed by atoms with E-state index in [2.05, 4.69) is 10.3 Å². The van der Waals surface area contributed by atoms with Crippen molar-refractivity contribution in [3.8, 4) is 0 Å². The van der Waals surface area contributed by atoms with Gasteiger partial charge in [0.2, 0.25) is 0 Å². The molecule has 4 nitrogen and oxygen atoms in total. The van der Waals surface area contributed by atoms with Crippen LogP contribution >= 0.6 is 11.3 Å². The SMILES string of the molecule is O=C(O)Cc1csc(CC2CCCNC2)n1. The predicted molar refractivity (Wildman–Crippen MR) is 62.8 cm³/mol. The van der Waals surface area contributed by atoms with Gasteiger partial charge in [-0.3, -0.25) is 4.79 Å². The highest BCUT2D eigenvalue weighted by molar-refractivity contribution is 7.09. The summed E-state index contributed by atoms with van der Waals surface area (Å²) in [7, 11) is 0. The molecule has 1 fully saturated rings. The standard InChI is InChI=1S/C11H16N2O2S/c14-11(15)5-9-7-16-10(13-9)4-8-2-1-3-12-6-8/h7-8,12H,1-6H2,(H,14,15). The molecule has 0 saturated carbocycles. The second-order valence-corrected chi connectivity index (χ2v) is 5.16. The summed E-state index contributed by atoms with van der Waals surface area (Å²) in [6.45, 7) is 2.19. The van der Waals surface area contributed by atoms with E-state index in [-0.39, 0.29) is 6.42 Å². The molecule has 2 rings (SSSR count). The Morgan fingerprint density at radius 2 is 2.56 bits per heavy atom. The van der Waals surface area contributed by atoms with Gasteiger partial charge in [0.1, 0.15) is 0 Å². The molecule has 0 aromatic carbocycles. The molecule has 0 radical (unpaired) electrons. The lowest BCUT2D eigenvalue weighted by Gasteiger charge is -2.21. The lowest BCUT2D eigenvalue weighted by Crippen LogP contribution is -2.30. The number of piperidine rings is 1. The first kappa shape index (κ1) is 11.5. The second kappa shape index (κ2) is 5.41. The van der Waals surface area contributed by atoms with Gasteiger partial charge >= 0.3 is 5.97 Å². The van der Waals surface area contributed by atoms with Gasteiger partial charge in [-0.05, 0) is 31.8 Å². The van der Waals surface area contributed by atoms with Crippen molar-refractivity contribution < 1.29 is 9.90 Å².